The van der Waals surface area contributed by atoms with Crippen LogP contribution in [-0.4, -0.2) is 52.6 Å². The van der Waals surface area contributed by atoms with E-state index in [4.69, 9.17) is 9.47 Å². The Morgan fingerprint density at radius 3 is 2.73 bits per heavy atom. The lowest BCUT2D eigenvalue weighted by Gasteiger charge is -2.15. The summed E-state index contributed by atoms with van der Waals surface area (Å²) in [6.45, 7) is 7.86. The van der Waals surface area contributed by atoms with Crippen molar-refractivity contribution in [3.8, 4) is 0 Å². The molecule has 1 aliphatic heterocycles. The highest BCUT2D eigenvalue weighted by Crippen LogP contribution is 2.18. The monoisotopic (exact) mass is 216 g/mol. The zero-order valence-corrected chi connectivity index (χ0v) is 9.92. The first-order valence-corrected chi connectivity index (χ1v) is 5.86. The normalized spacial score (nSPS) is 26.0. The summed E-state index contributed by atoms with van der Waals surface area (Å²) in [7, 11) is 1.72. The number of rotatable bonds is 8. The van der Waals surface area contributed by atoms with Crippen molar-refractivity contribution in [3.05, 3.63) is 0 Å². The van der Waals surface area contributed by atoms with Gasteiger partial charge in [0.15, 0.2) is 0 Å². The van der Waals surface area contributed by atoms with Gasteiger partial charge in [0.2, 0.25) is 0 Å². The van der Waals surface area contributed by atoms with E-state index in [2.05, 4.69) is 17.6 Å². The summed E-state index contributed by atoms with van der Waals surface area (Å²) in [6.07, 6.45) is 1.63. The van der Waals surface area contributed by atoms with Gasteiger partial charge in [-0.15, -0.1) is 0 Å². The first kappa shape index (κ1) is 12.9. The van der Waals surface area contributed by atoms with E-state index in [9.17, 15) is 0 Å². The largest absolute Gasteiger partial charge is 0.383 e. The quantitative estimate of drug-likeness (QED) is 0.570. The number of methoxy groups -OCH3 is 1. The summed E-state index contributed by atoms with van der Waals surface area (Å²) in [4.78, 5) is 0. The van der Waals surface area contributed by atoms with Crippen molar-refractivity contribution in [1.82, 2.24) is 10.6 Å². The molecule has 2 unspecified atom stereocenters. The average Bonchev–Trinajstić information content (AvgIpc) is 2.63. The predicted molar refractivity (Wildman–Crippen MR) is 61.1 cm³/mol. The molecule has 4 heteroatoms. The van der Waals surface area contributed by atoms with Crippen molar-refractivity contribution >= 4 is 0 Å². The number of nitrogens with one attached hydrogen (secondary N) is 2. The topological polar surface area (TPSA) is 42.5 Å². The molecule has 0 aromatic heterocycles. The standard InChI is InChI=1S/C11H24N2O2/c1-10-3-7-15-11(10)9-13-5-4-12-6-8-14-2/h10-13H,3-9H2,1-2H3. The molecule has 90 valence electrons. The minimum absolute atomic E-state index is 0.420. The van der Waals surface area contributed by atoms with Crippen LogP contribution in [0.2, 0.25) is 0 Å². The lowest BCUT2D eigenvalue weighted by atomic mass is 10.0. The van der Waals surface area contributed by atoms with Crippen molar-refractivity contribution in [3.63, 3.8) is 0 Å². The highest BCUT2D eigenvalue weighted by Gasteiger charge is 2.23. The summed E-state index contributed by atoms with van der Waals surface area (Å²) in [6, 6.07) is 0. The van der Waals surface area contributed by atoms with Crippen molar-refractivity contribution < 1.29 is 9.47 Å². The summed E-state index contributed by atoms with van der Waals surface area (Å²) >= 11 is 0. The molecule has 1 heterocycles. The molecule has 2 N–H and O–H groups in total. The van der Waals surface area contributed by atoms with E-state index in [-0.39, 0.29) is 0 Å². The lowest BCUT2D eigenvalue weighted by molar-refractivity contribution is 0.0936. The van der Waals surface area contributed by atoms with Gasteiger partial charge in [-0.05, 0) is 12.3 Å². The van der Waals surface area contributed by atoms with Crippen molar-refractivity contribution in [2.45, 2.75) is 19.4 Å². The van der Waals surface area contributed by atoms with Crippen LogP contribution in [0.1, 0.15) is 13.3 Å². The molecule has 1 saturated heterocycles. The molecule has 0 aromatic rings. The molecule has 0 saturated carbocycles. The van der Waals surface area contributed by atoms with Gasteiger partial charge in [0.05, 0.1) is 12.7 Å². The molecule has 1 rings (SSSR count). The van der Waals surface area contributed by atoms with Crippen molar-refractivity contribution in [2.75, 3.05) is 46.5 Å². The van der Waals surface area contributed by atoms with Gasteiger partial charge < -0.3 is 20.1 Å². The third-order valence-corrected chi connectivity index (χ3v) is 2.85. The van der Waals surface area contributed by atoms with Crippen LogP contribution in [0.15, 0.2) is 0 Å². The van der Waals surface area contributed by atoms with Crippen molar-refractivity contribution in [1.29, 1.82) is 0 Å². The van der Waals surface area contributed by atoms with Crippen LogP contribution in [-0.2, 0) is 9.47 Å². The molecule has 0 amide bonds. The van der Waals surface area contributed by atoms with Gasteiger partial charge in [0.1, 0.15) is 0 Å². The van der Waals surface area contributed by atoms with Gasteiger partial charge in [0.25, 0.3) is 0 Å². The molecular formula is C11H24N2O2. The molecule has 0 aromatic carbocycles. The van der Waals surface area contributed by atoms with E-state index < -0.39 is 0 Å². The third kappa shape index (κ3) is 5.47. The van der Waals surface area contributed by atoms with Crippen molar-refractivity contribution in [2.24, 2.45) is 5.92 Å². The molecule has 1 aliphatic rings. The van der Waals surface area contributed by atoms with E-state index in [0.29, 0.717) is 12.0 Å². The number of hydrogen-bond acceptors (Lipinski definition) is 4. The second-order valence-corrected chi connectivity index (χ2v) is 4.12. The zero-order chi connectivity index (χ0) is 10.9. The Kier molecular flexibility index (Phi) is 6.92. The molecule has 0 aliphatic carbocycles. The molecule has 0 bridgehead atoms. The minimum Gasteiger partial charge on any atom is -0.383 e. The molecule has 0 radical (unpaired) electrons. The summed E-state index contributed by atoms with van der Waals surface area (Å²) in [5, 5.41) is 6.70. The Labute approximate surface area is 92.7 Å². The maximum Gasteiger partial charge on any atom is 0.0725 e. The Morgan fingerprint density at radius 2 is 2.07 bits per heavy atom. The van der Waals surface area contributed by atoms with E-state index in [0.717, 1.165) is 39.4 Å². The number of ether oxygens (including phenoxy) is 2. The van der Waals surface area contributed by atoms with Gasteiger partial charge in [-0.2, -0.15) is 0 Å². The van der Waals surface area contributed by atoms with Crippen LogP contribution in [0.4, 0.5) is 0 Å². The zero-order valence-electron chi connectivity index (χ0n) is 9.92. The second kappa shape index (κ2) is 8.05. The van der Waals surface area contributed by atoms with Crippen LogP contribution >= 0.6 is 0 Å². The molecule has 2 atom stereocenters. The summed E-state index contributed by atoms with van der Waals surface area (Å²) in [5.41, 5.74) is 0. The fraction of sp³-hybridized carbons (Fsp3) is 1.00. The Bertz CT molecular complexity index is 156. The maximum absolute atomic E-state index is 5.61. The molecule has 0 spiro atoms. The Morgan fingerprint density at radius 1 is 1.27 bits per heavy atom. The van der Waals surface area contributed by atoms with E-state index in [1.54, 1.807) is 7.11 Å². The van der Waals surface area contributed by atoms with E-state index >= 15 is 0 Å². The third-order valence-electron chi connectivity index (χ3n) is 2.85. The fourth-order valence-electron chi connectivity index (χ4n) is 1.74. The van der Waals surface area contributed by atoms with Gasteiger partial charge in [0, 0.05) is 39.9 Å². The van der Waals surface area contributed by atoms with Gasteiger partial charge in [-0.25, -0.2) is 0 Å². The molecule has 1 fully saturated rings. The van der Waals surface area contributed by atoms with Gasteiger partial charge in [-0.3, -0.25) is 0 Å². The SMILES string of the molecule is COCCNCCNCC1OCCC1C. The van der Waals surface area contributed by atoms with Crippen LogP contribution < -0.4 is 10.6 Å². The van der Waals surface area contributed by atoms with E-state index in [1.165, 1.54) is 6.42 Å². The number of hydrogen-bond donors (Lipinski definition) is 2. The second-order valence-electron chi connectivity index (χ2n) is 4.12. The Hall–Kier alpha value is -0.160. The first-order valence-electron chi connectivity index (χ1n) is 5.86. The fourth-order valence-corrected chi connectivity index (χ4v) is 1.74. The smallest absolute Gasteiger partial charge is 0.0725 e. The summed E-state index contributed by atoms with van der Waals surface area (Å²) in [5.74, 6) is 0.707. The molecular weight excluding hydrogens is 192 g/mol. The van der Waals surface area contributed by atoms with Gasteiger partial charge >= 0.3 is 0 Å². The lowest BCUT2D eigenvalue weighted by Crippen LogP contribution is -2.35. The molecule has 4 nitrogen and oxygen atoms in total. The highest BCUT2D eigenvalue weighted by atomic mass is 16.5. The highest BCUT2D eigenvalue weighted by molar-refractivity contribution is 4.74. The van der Waals surface area contributed by atoms with Gasteiger partial charge in [-0.1, -0.05) is 6.92 Å². The maximum atomic E-state index is 5.61. The van der Waals surface area contributed by atoms with Crippen LogP contribution in [0.3, 0.4) is 0 Å². The Balaban J connectivity index is 1.84. The first-order chi connectivity index (χ1) is 7.34. The summed E-state index contributed by atoms with van der Waals surface area (Å²) < 4.78 is 10.5. The van der Waals surface area contributed by atoms with Crippen LogP contribution in [0, 0.1) is 5.92 Å². The minimum atomic E-state index is 0.420. The van der Waals surface area contributed by atoms with Crippen LogP contribution in [0.5, 0.6) is 0 Å². The van der Waals surface area contributed by atoms with Crippen LogP contribution in [0.25, 0.3) is 0 Å². The average molecular weight is 216 g/mol. The molecule has 15 heavy (non-hydrogen) atoms. The predicted octanol–water partition coefficient (Wildman–Crippen LogP) is 0.237. The van der Waals surface area contributed by atoms with E-state index in [1.807, 2.05) is 0 Å².